The van der Waals surface area contributed by atoms with Gasteiger partial charge in [-0.3, -0.25) is 9.59 Å². The zero-order chi connectivity index (χ0) is 14.2. The van der Waals surface area contributed by atoms with Gasteiger partial charge in [0.2, 0.25) is 5.91 Å². The molecular weight excluding hydrogens is 314 g/mol. The summed E-state index contributed by atoms with van der Waals surface area (Å²) in [6.07, 6.45) is -0.567. The Morgan fingerprint density at radius 3 is 2.74 bits per heavy atom. The van der Waals surface area contributed by atoms with Crippen molar-refractivity contribution in [2.75, 3.05) is 12.3 Å². The van der Waals surface area contributed by atoms with Crippen LogP contribution in [0.25, 0.3) is 0 Å². The quantitative estimate of drug-likeness (QED) is 0.669. The molecule has 1 aromatic rings. The first kappa shape index (κ1) is 13.8. The van der Waals surface area contributed by atoms with E-state index >= 15 is 0 Å². The number of anilines is 1. The average molecular weight is 328 g/mol. The number of nitrogens with two attached hydrogens (primary N) is 2. The zero-order valence-electron chi connectivity index (χ0n) is 10.0. The van der Waals surface area contributed by atoms with Gasteiger partial charge in [0.05, 0.1) is 11.7 Å². The molecular formula is C12H14BrN3O3. The number of amides is 2. The maximum atomic E-state index is 12.4. The lowest BCUT2D eigenvalue weighted by molar-refractivity contribution is -0.121. The molecule has 2 amide bonds. The predicted molar refractivity (Wildman–Crippen MR) is 73.2 cm³/mol. The van der Waals surface area contributed by atoms with E-state index in [0.717, 1.165) is 0 Å². The fourth-order valence-electron chi connectivity index (χ4n) is 2.17. The summed E-state index contributed by atoms with van der Waals surface area (Å²) < 4.78 is 0.580. The number of nitrogen functional groups attached to an aromatic ring is 1. The number of hydrogen-bond donors (Lipinski definition) is 3. The lowest BCUT2D eigenvalue weighted by atomic mass is 10.1. The summed E-state index contributed by atoms with van der Waals surface area (Å²) in [7, 11) is 0. The van der Waals surface area contributed by atoms with Gasteiger partial charge in [-0.05, 0) is 34.1 Å². The van der Waals surface area contributed by atoms with Crippen LogP contribution >= 0.6 is 15.9 Å². The van der Waals surface area contributed by atoms with E-state index in [9.17, 15) is 14.7 Å². The highest BCUT2D eigenvalue weighted by atomic mass is 79.9. The third-order valence-electron chi connectivity index (χ3n) is 3.09. The lowest BCUT2D eigenvalue weighted by Gasteiger charge is -2.22. The van der Waals surface area contributed by atoms with Crippen LogP contribution in [-0.2, 0) is 4.79 Å². The first-order valence-electron chi connectivity index (χ1n) is 5.73. The first-order chi connectivity index (χ1) is 8.90. The van der Waals surface area contributed by atoms with E-state index in [0.29, 0.717) is 15.7 Å². The molecule has 0 aromatic heterocycles. The second-order valence-electron chi connectivity index (χ2n) is 4.50. The predicted octanol–water partition coefficient (Wildman–Crippen LogP) is 0.0920. The van der Waals surface area contributed by atoms with Crippen molar-refractivity contribution >= 4 is 33.4 Å². The van der Waals surface area contributed by atoms with E-state index < -0.39 is 18.1 Å². The summed E-state index contributed by atoms with van der Waals surface area (Å²) in [6, 6.07) is 4.06. The second-order valence-corrected chi connectivity index (χ2v) is 5.36. The first-order valence-corrected chi connectivity index (χ1v) is 6.53. The molecule has 19 heavy (non-hydrogen) atoms. The minimum atomic E-state index is -0.782. The molecule has 6 nitrogen and oxygen atoms in total. The van der Waals surface area contributed by atoms with Crippen LogP contribution in [-0.4, -0.2) is 40.5 Å². The van der Waals surface area contributed by atoms with Crippen LogP contribution < -0.4 is 11.5 Å². The van der Waals surface area contributed by atoms with Gasteiger partial charge in [0.1, 0.15) is 6.04 Å². The van der Waals surface area contributed by atoms with Crippen molar-refractivity contribution in [1.82, 2.24) is 4.90 Å². The van der Waals surface area contributed by atoms with Gasteiger partial charge >= 0.3 is 0 Å². The Morgan fingerprint density at radius 1 is 1.42 bits per heavy atom. The number of carbonyl (C=O) groups is 2. The standard InChI is InChI=1S/C12H14BrN3O3/c13-9-2-1-6(14)3-8(9)12(19)16-5-7(17)4-10(16)11(15)18/h1-3,7,10,17H,4-5,14H2,(H2,15,18). The van der Waals surface area contributed by atoms with Crippen LogP contribution in [0.1, 0.15) is 16.8 Å². The second kappa shape index (κ2) is 5.18. The molecule has 5 N–H and O–H groups in total. The number of aliphatic hydroxyl groups is 1. The largest absolute Gasteiger partial charge is 0.399 e. The smallest absolute Gasteiger partial charge is 0.255 e. The monoisotopic (exact) mass is 327 g/mol. The number of benzene rings is 1. The Kier molecular flexibility index (Phi) is 3.77. The van der Waals surface area contributed by atoms with Gasteiger partial charge in [-0.1, -0.05) is 0 Å². The molecule has 2 unspecified atom stereocenters. The Balaban J connectivity index is 2.33. The molecule has 102 valence electrons. The molecule has 1 heterocycles. The van der Waals surface area contributed by atoms with Crippen LogP contribution in [0.5, 0.6) is 0 Å². The van der Waals surface area contributed by atoms with Crippen molar-refractivity contribution in [3.63, 3.8) is 0 Å². The van der Waals surface area contributed by atoms with Gasteiger partial charge in [0.15, 0.2) is 0 Å². The molecule has 2 rings (SSSR count). The highest BCUT2D eigenvalue weighted by molar-refractivity contribution is 9.10. The number of aliphatic hydroxyl groups excluding tert-OH is 1. The fraction of sp³-hybridized carbons (Fsp3) is 0.333. The molecule has 0 spiro atoms. The van der Waals surface area contributed by atoms with Crippen LogP contribution in [0.3, 0.4) is 0 Å². The molecule has 1 aliphatic heterocycles. The van der Waals surface area contributed by atoms with Crippen molar-refractivity contribution in [2.24, 2.45) is 5.73 Å². The zero-order valence-corrected chi connectivity index (χ0v) is 11.6. The highest BCUT2D eigenvalue weighted by Gasteiger charge is 2.38. The number of likely N-dealkylation sites (tertiary alicyclic amines) is 1. The van der Waals surface area contributed by atoms with Crippen LogP contribution in [0, 0.1) is 0 Å². The topological polar surface area (TPSA) is 110 Å². The van der Waals surface area contributed by atoms with Crippen LogP contribution in [0.4, 0.5) is 5.69 Å². The van der Waals surface area contributed by atoms with Crippen LogP contribution in [0.2, 0.25) is 0 Å². The van der Waals surface area contributed by atoms with Crippen molar-refractivity contribution in [3.05, 3.63) is 28.2 Å². The maximum absolute atomic E-state index is 12.4. The van der Waals surface area contributed by atoms with Gasteiger partial charge in [0.25, 0.3) is 5.91 Å². The van der Waals surface area contributed by atoms with Gasteiger partial charge < -0.3 is 21.5 Å². The molecule has 1 saturated heterocycles. The molecule has 1 aliphatic rings. The molecule has 7 heteroatoms. The number of carbonyl (C=O) groups excluding carboxylic acids is 2. The molecule has 0 aliphatic carbocycles. The number of β-amino-alcohol motifs (C(OH)–C–C–N with tert-alkyl or cyclic N) is 1. The molecule has 0 bridgehead atoms. The Labute approximate surface area is 118 Å². The van der Waals surface area contributed by atoms with Gasteiger partial charge in [-0.2, -0.15) is 0 Å². The molecule has 1 aromatic carbocycles. The van der Waals surface area contributed by atoms with Crippen molar-refractivity contribution in [2.45, 2.75) is 18.6 Å². The molecule has 2 atom stereocenters. The van der Waals surface area contributed by atoms with Crippen molar-refractivity contribution in [3.8, 4) is 0 Å². The Bertz CT molecular complexity index is 535. The van der Waals surface area contributed by atoms with Gasteiger partial charge in [-0.25, -0.2) is 0 Å². The van der Waals surface area contributed by atoms with Crippen molar-refractivity contribution < 1.29 is 14.7 Å². The fourth-order valence-corrected chi connectivity index (χ4v) is 2.59. The van der Waals surface area contributed by atoms with E-state index in [1.807, 2.05) is 0 Å². The SMILES string of the molecule is NC(=O)C1CC(O)CN1C(=O)c1cc(N)ccc1Br. The van der Waals surface area contributed by atoms with E-state index in [1.165, 1.54) is 11.0 Å². The number of primary amides is 1. The summed E-state index contributed by atoms with van der Waals surface area (Å²) in [4.78, 5) is 25.0. The number of hydrogen-bond acceptors (Lipinski definition) is 4. The van der Waals surface area contributed by atoms with E-state index in [4.69, 9.17) is 11.5 Å². The van der Waals surface area contributed by atoms with E-state index in [1.54, 1.807) is 12.1 Å². The molecule has 1 fully saturated rings. The summed E-state index contributed by atoms with van der Waals surface area (Å²) in [5.41, 5.74) is 11.7. The molecule has 0 saturated carbocycles. The minimum absolute atomic E-state index is 0.0910. The summed E-state index contributed by atoms with van der Waals surface area (Å²) in [6.45, 7) is 0.0910. The Morgan fingerprint density at radius 2 is 2.11 bits per heavy atom. The highest BCUT2D eigenvalue weighted by Crippen LogP contribution is 2.25. The summed E-state index contributed by atoms with van der Waals surface area (Å²) in [5, 5.41) is 9.60. The number of nitrogens with zero attached hydrogens (tertiary/aromatic N) is 1. The van der Waals surface area contributed by atoms with Gasteiger partial charge in [0, 0.05) is 23.1 Å². The number of halogens is 1. The molecule has 0 radical (unpaired) electrons. The minimum Gasteiger partial charge on any atom is -0.399 e. The normalized spacial score (nSPS) is 22.5. The Hall–Kier alpha value is -1.60. The average Bonchev–Trinajstić information content (AvgIpc) is 2.74. The lowest BCUT2D eigenvalue weighted by Crippen LogP contribution is -2.43. The summed E-state index contributed by atoms with van der Waals surface area (Å²) >= 11 is 3.27. The summed E-state index contributed by atoms with van der Waals surface area (Å²) in [5.74, 6) is -0.996. The maximum Gasteiger partial charge on any atom is 0.255 e. The third-order valence-corrected chi connectivity index (χ3v) is 3.78. The van der Waals surface area contributed by atoms with Crippen LogP contribution in [0.15, 0.2) is 22.7 Å². The van der Waals surface area contributed by atoms with Gasteiger partial charge in [-0.15, -0.1) is 0 Å². The van der Waals surface area contributed by atoms with Crippen molar-refractivity contribution in [1.29, 1.82) is 0 Å². The van der Waals surface area contributed by atoms with E-state index in [-0.39, 0.29) is 18.9 Å². The third kappa shape index (κ3) is 2.71. The van der Waals surface area contributed by atoms with E-state index in [2.05, 4.69) is 15.9 Å². The number of rotatable bonds is 2.